The molecule has 5 rings (SSSR count). The van der Waals surface area contributed by atoms with E-state index in [1.807, 2.05) is 65.3 Å². The van der Waals surface area contributed by atoms with Crippen molar-refractivity contribution in [3.8, 4) is 0 Å². The number of carbonyl (C=O) groups excluding carboxylic acids is 1. The topological polar surface area (TPSA) is 32.8 Å². The zero-order chi connectivity index (χ0) is 20.9. The molecule has 0 saturated carbocycles. The van der Waals surface area contributed by atoms with Gasteiger partial charge in [-0.25, -0.2) is 4.79 Å². The Morgan fingerprint density at radius 1 is 0.900 bits per heavy atom. The Morgan fingerprint density at radius 3 is 2.17 bits per heavy atom. The Morgan fingerprint density at radius 2 is 1.57 bits per heavy atom. The van der Waals surface area contributed by atoms with Gasteiger partial charge >= 0.3 is 6.03 Å². The van der Waals surface area contributed by atoms with E-state index < -0.39 is 5.54 Å². The summed E-state index contributed by atoms with van der Waals surface area (Å²) in [5.74, 6) is 0. The van der Waals surface area contributed by atoms with Gasteiger partial charge in [-0.15, -0.1) is 0 Å². The van der Waals surface area contributed by atoms with Crippen molar-refractivity contribution in [3.05, 3.63) is 94.5 Å². The Labute approximate surface area is 181 Å². The number of amides is 2. The van der Waals surface area contributed by atoms with Crippen molar-refractivity contribution in [2.45, 2.75) is 25.4 Å². The van der Waals surface area contributed by atoms with Crippen LogP contribution in [0.2, 0.25) is 5.02 Å². The second kappa shape index (κ2) is 7.15. The Kier molecular flexibility index (Phi) is 4.57. The molecule has 4 nitrogen and oxygen atoms in total. The molecule has 0 bridgehead atoms. The molecule has 0 aromatic heterocycles. The van der Waals surface area contributed by atoms with Gasteiger partial charge in [0.1, 0.15) is 5.54 Å². The predicted octanol–water partition coefficient (Wildman–Crippen LogP) is 5.91. The SMILES string of the molecule is Cc1ccc(N2C(=O)N(c3ccc(Cl)cc3)[C@@H](c3cccc(C)c3)C23COC3)cc1. The lowest BCUT2D eigenvalue weighted by Crippen LogP contribution is -2.62. The average molecular weight is 419 g/mol. The van der Waals surface area contributed by atoms with E-state index in [4.69, 9.17) is 16.3 Å². The number of aryl methyl sites for hydroxylation is 2. The molecular formula is C25H23ClN2O2. The van der Waals surface area contributed by atoms with Crippen molar-refractivity contribution in [3.63, 3.8) is 0 Å². The lowest BCUT2D eigenvalue weighted by molar-refractivity contribution is -0.0580. The van der Waals surface area contributed by atoms with Crippen LogP contribution in [0.4, 0.5) is 16.2 Å². The van der Waals surface area contributed by atoms with Crippen LogP contribution in [-0.2, 0) is 4.74 Å². The van der Waals surface area contributed by atoms with E-state index in [2.05, 4.69) is 31.2 Å². The van der Waals surface area contributed by atoms with Crippen LogP contribution in [0.1, 0.15) is 22.7 Å². The van der Waals surface area contributed by atoms with Gasteiger partial charge in [-0.2, -0.15) is 0 Å². The highest BCUT2D eigenvalue weighted by Gasteiger charge is 2.62. The molecule has 5 heteroatoms. The first-order valence-electron chi connectivity index (χ1n) is 10.1. The van der Waals surface area contributed by atoms with Crippen molar-refractivity contribution in [2.75, 3.05) is 23.0 Å². The second-order valence-electron chi connectivity index (χ2n) is 8.21. The summed E-state index contributed by atoms with van der Waals surface area (Å²) in [5, 5.41) is 0.648. The smallest absolute Gasteiger partial charge is 0.330 e. The molecule has 152 valence electrons. The van der Waals surface area contributed by atoms with Crippen LogP contribution in [-0.4, -0.2) is 24.8 Å². The molecule has 2 amide bonds. The van der Waals surface area contributed by atoms with Crippen LogP contribution in [0.5, 0.6) is 0 Å². The van der Waals surface area contributed by atoms with Crippen LogP contribution in [0.25, 0.3) is 0 Å². The van der Waals surface area contributed by atoms with E-state index in [0.29, 0.717) is 18.2 Å². The molecule has 2 fully saturated rings. The molecule has 2 heterocycles. The number of anilines is 2. The number of carbonyl (C=O) groups is 1. The summed E-state index contributed by atoms with van der Waals surface area (Å²) in [5.41, 5.74) is 4.70. The number of urea groups is 1. The maximum absolute atomic E-state index is 13.9. The van der Waals surface area contributed by atoms with Crippen molar-refractivity contribution in [1.29, 1.82) is 0 Å². The van der Waals surface area contributed by atoms with E-state index in [9.17, 15) is 4.79 Å². The molecule has 0 N–H and O–H groups in total. The highest BCUT2D eigenvalue weighted by Crippen LogP contribution is 2.51. The van der Waals surface area contributed by atoms with Crippen molar-refractivity contribution in [1.82, 2.24) is 0 Å². The van der Waals surface area contributed by atoms with E-state index in [1.165, 1.54) is 5.56 Å². The van der Waals surface area contributed by atoms with Crippen LogP contribution < -0.4 is 9.80 Å². The highest BCUT2D eigenvalue weighted by atomic mass is 35.5. The summed E-state index contributed by atoms with van der Waals surface area (Å²) < 4.78 is 5.73. The van der Waals surface area contributed by atoms with E-state index >= 15 is 0 Å². The van der Waals surface area contributed by atoms with E-state index in [-0.39, 0.29) is 12.1 Å². The third kappa shape index (κ3) is 2.91. The maximum atomic E-state index is 13.9. The number of ether oxygens (including phenoxy) is 1. The summed E-state index contributed by atoms with van der Waals surface area (Å²) in [4.78, 5) is 17.7. The summed E-state index contributed by atoms with van der Waals surface area (Å²) in [6.07, 6.45) is 0. The number of hydrogen-bond donors (Lipinski definition) is 0. The van der Waals surface area contributed by atoms with Crippen LogP contribution in [0.15, 0.2) is 72.8 Å². The van der Waals surface area contributed by atoms with Gasteiger partial charge in [-0.05, 0) is 55.8 Å². The Hall–Kier alpha value is -2.82. The lowest BCUT2D eigenvalue weighted by atomic mass is 9.82. The summed E-state index contributed by atoms with van der Waals surface area (Å²) in [7, 11) is 0. The molecule has 3 aromatic carbocycles. The first-order chi connectivity index (χ1) is 14.5. The van der Waals surface area contributed by atoms with Crippen molar-refractivity contribution >= 4 is 29.0 Å². The lowest BCUT2D eigenvalue weighted by Gasteiger charge is -2.47. The molecule has 30 heavy (non-hydrogen) atoms. The fourth-order valence-corrected chi connectivity index (χ4v) is 4.72. The molecule has 1 atom stereocenters. The first kappa shape index (κ1) is 19.2. The minimum atomic E-state index is -0.459. The van der Waals surface area contributed by atoms with Gasteiger partial charge < -0.3 is 4.74 Å². The molecule has 2 saturated heterocycles. The normalized spacial score (nSPS) is 20.0. The zero-order valence-corrected chi connectivity index (χ0v) is 17.8. The number of nitrogens with zero attached hydrogens (tertiary/aromatic N) is 2. The summed E-state index contributed by atoms with van der Waals surface area (Å²) in [6.45, 7) is 5.12. The van der Waals surface area contributed by atoms with Crippen LogP contribution in [0, 0.1) is 13.8 Å². The molecular weight excluding hydrogens is 396 g/mol. The summed E-state index contributed by atoms with van der Waals surface area (Å²) >= 11 is 6.13. The van der Waals surface area contributed by atoms with Gasteiger partial charge in [-0.3, -0.25) is 9.80 Å². The monoisotopic (exact) mass is 418 g/mol. The fourth-order valence-electron chi connectivity index (χ4n) is 4.59. The number of benzene rings is 3. The molecule has 0 unspecified atom stereocenters. The second-order valence-corrected chi connectivity index (χ2v) is 8.65. The fraction of sp³-hybridized carbons (Fsp3) is 0.240. The quantitative estimate of drug-likeness (QED) is 0.529. The standard InChI is InChI=1S/C25H23ClN2O2/c1-17-6-10-22(11-7-17)28-24(29)27(21-12-8-20(26)9-13-21)23(25(28)15-30-16-25)19-5-3-4-18(2)14-19/h3-14,23H,15-16H2,1-2H3/t23-/m0/s1. The molecule has 2 aliphatic rings. The van der Waals surface area contributed by atoms with Crippen molar-refractivity contribution in [2.24, 2.45) is 0 Å². The molecule has 0 aliphatic carbocycles. The largest absolute Gasteiger partial charge is 0.376 e. The summed E-state index contributed by atoms with van der Waals surface area (Å²) in [6, 6.07) is 23.8. The molecule has 3 aromatic rings. The minimum Gasteiger partial charge on any atom is -0.376 e. The van der Waals surface area contributed by atoms with Crippen LogP contribution >= 0.6 is 11.6 Å². The Bertz CT molecular complexity index is 1090. The Balaban J connectivity index is 1.70. The van der Waals surface area contributed by atoms with Crippen LogP contribution in [0.3, 0.4) is 0 Å². The van der Waals surface area contributed by atoms with Gasteiger partial charge in [0, 0.05) is 16.4 Å². The average Bonchev–Trinajstić information content (AvgIpc) is 2.99. The zero-order valence-electron chi connectivity index (χ0n) is 17.0. The van der Waals surface area contributed by atoms with Gasteiger partial charge in [0.05, 0.1) is 19.3 Å². The molecule has 0 radical (unpaired) electrons. The highest BCUT2D eigenvalue weighted by molar-refractivity contribution is 6.30. The third-order valence-corrected chi connectivity index (χ3v) is 6.32. The van der Waals surface area contributed by atoms with Gasteiger partial charge in [0.2, 0.25) is 0 Å². The maximum Gasteiger partial charge on any atom is 0.330 e. The number of hydrogen-bond acceptors (Lipinski definition) is 2. The van der Waals surface area contributed by atoms with E-state index in [0.717, 1.165) is 22.5 Å². The third-order valence-electron chi connectivity index (χ3n) is 6.07. The number of halogens is 1. The first-order valence-corrected chi connectivity index (χ1v) is 10.5. The molecule has 2 aliphatic heterocycles. The number of rotatable bonds is 3. The van der Waals surface area contributed by atoms with Gasteiger partial charge in [-0.1, -0.05) is 59.1 Å². The van der Waals surface area contributed by atoms with Crippen molar-refractivity contribution < 1.29 is 9.53 Å². The molecule has 1 spiro atoms. The predicted molar refractivity (Wildman–Crippen MR) is 120 cm³/mol. The van der Waals surface area contributed by atoms with Gasteiger partial charge in [0.25, 0.3) is 0 Å². The van der Waals surface area contributed by atoms with E-state index in [1.54, 1.807) is 0 Å². The van der Waals surface area contributed by atoms with Gasteiger partial charge in [0.15, 0.2) is 0 Å². The minimum absolute atomic E-state index is 0.0454.